The fourth-order valence-electron chi connectivity index (χ4n) is 3.70. The lowest BCUT2D eigenvalue weighted by molar-refractivity contribution is 0.412. The second-order valence-electron chi connectivity index (χ2n) is 5.47. The molecule has 0 radical (unpaired) electrons. The molecule has 0 saturated heterocycles. The summed E-state index contributed by atoms with van der Waals surface area (Å²) in [5, 5.41) is -0.131. The number of ether oxygens (including phenoxy) is 1. The van der Waals surface area contributed by atoms with Gasteiger partial charge < -0.3 is 4.74 Å². The first-order valence-corrected chi connectivity index (χ1v) is 7.64. The number of rotatable bonds is 1. The molecule has 0 unspecified atom stereocenters. The summed E-state index contributed by atoms with van der Waals surface area (Å²) in [5.41, 5.74) is 5.21. The summed E-state index contributed by atoms with van der Waals surface area (Å²) in [6.07, 6.45) is 0. The van der Waals surface area contributed by atoms with Crippen molar-refractivity contribution in [1.82, 2.24) is 0 Å². The second-order valence-corrected chi connectivity index (χ2v) is 6.48. The van der Waals surface area contributed by atoms with E-state index in [1.54, 1.807) is 7.11 Å². The summed E-state index contributed by atoms with van der Waals surface area (Å²) in [5.74, 6) is 1.22. The highest BCUT2D eigenvalue weighted by Gasteiger charge is 2.48. The average molecular weight is 305 g/mol. The van der Waals surface area contributed by atoms with Crippen LogP contribution in [-0.2, 0) is 0 Å². The molecule has 3 aliphatic carbocycles. The topological polar surface area (TPSA) is 9.23 Å². The number of hydrogen-bond donors (Lipinski definition) is 0. The third kappa shape index (κ3) is 1.51. The van der Waals surface area contributed by atoms with E-state index >= 15 is 0 Å². The maximum atomic E-state index is 6.64. The molecule has 0 saturated carbocycles. The molecule has 3 aliphatic rings. The Morgan fingerprint density at radius 2 is 1.35 bits per heavy atom. The van der Waals surface area contributed by atoms with Gasteiger partial charge in [-0.2, -0.15) is 0 Å². The van der Waals surface area contributed by atoms with Gasteiger partial charge in [0.25, 0.3) is 0 Å². The lowest BCUT2D eigenvalue weighted by atomic mass is 9.63. The van der Waals surface area contributed by atoms with Crippen molar-refractivity contribution in [2.45, 2.75) is 22.6 Å². The number of halogens is 2. The number of fused-ring (bicyclic) bond motifs is 1. The van der Waals surface area contributed by atoms with E-state index in [1.165, 1.54) is 22.3 Å². The summed E-state index contributed by atoms with van der Waals surface area (Å²) >= 11 is 13.3. The third-order valence-corrected chi connectivity index (χ3v) is 5.75. The largest absolute Gasteiger partial charge is 0.497 e. The van der Waals surface area contributed by atoms with E-state index < -0.39 is 0 Å². The van der Waals surface area contributed by atoms with E-state index in [4.69, 9.17) is 27.9 Å². The zero-order chi connectivity index (χ0) is 13.9. The van der Waals surface area contributed by atoms with Gasteiger partial charge in [-0.15, -0.1) is 23.2 Å². The van der Waals surface area contributed by atoms with E-state index in [-0.39, 0.29) is 22.6 Å². The van der Waals surface area contributed by atoms with Gasteiger partial charge in [-0.3, -0.25) is 0 Å². The van der Waals surface area contributed by atoms with E-state index in [1.807, 2.05) is 6.07 Å². The third-order valence-electron chi connectivity index (χ3n) is 4.57. The number of methoxy groups -OCH3 is 1. The molecule has 0 N–H and O–H groups in total. The summed E-state index contributed by atoms with van der Waals surface area (Å²) in [6.45, 7) is 0. The second kappa shape index (κ2) is 4.41. The van der Waals surface area contributed by atoms with Crippen LogP contribution in [0.2, 0.25) is 0 Å². The van der Waals surface area contributed by atoms with E-state index in [0.29, 0.717) is 0 Å². The minimum Gasteiger partial charge on any atom is -0.497 e. The quantitative estimate of drug-likeness (QED) is 0.705. The zero-order valence-corrected chi connectivity index (χ0v) is 12.5. The van der Waals surface area contributed by atoms with Crippen LogP contribution in [0.15, 0.2) is 42.5 Å². The summed E-state index contributed by atoms with van der Waals surface area (Å²) in [6, 6.07) is 14.8. The molecule has 0 aromatic heterocycles. The van der Waals surface area contributed by atoms with Gasteiger partial charge in [0.15, 0.2) is 0 Å². The molecule has 1 nitrogen and oxygen atoms in total. The van der Waals surface area contributed by atoms with Gasteiger partial charge in [-0.1, -0.05) is 30.3 Å². The predicted molar refractivity (Wildman–Crippen MR) is 82.4 cm³/mol. The van der Waals surface area contributed by atoms with Crippen LogP contribution in [-0.4, -0.2) is 17.9 Å². The Kier molecular flexibility index (Phi) is 2.77. The molecule has 102 valence electrons. The summed E-state index contributed by atoms with van der Waals surface area (Å²) in [7, 11) is 1.69. The normalized spacial score (nSPS) is 29.8. The van der Waals surface area contributed by atoms with Crippen molar-refractivity contribution in [3.05, 3.63) is 64.7 Å². The molecule has 0 amide bonds. The molecule has 2 bridgehead atoms. The summed E-state index contributed by atoms with van der Waals surface area (Å²) < 4.78 is 5.36. The van der Waals surface area contributed by atoms with Crippen LogP contribution in [0.4, 0.5) is 0 Å². The highest BCUT2D eigenvalue weighted by Crippen LogP contribution is 2.56. The first-order valence-electron chi connectivity index (χ1n) is 6.77. The Hall–Kier alpha value is -1.18. The van der Waals surface area contributed by atoms with Crippen LogP contribution in [0, 0.1) is 0 Å². The van der Waals surface area contributed by atoms with Gasteiger partial charge >= 0.3 is 0 Å². The smallest absolute Gasteiger partial charge is 0.119 e. The van der Waals surface area contributed by atoms with Gasteiger partial charge in [-0.05, 0) is 34.4 Å². The highest BCUT2D eigenvalue weighted by atomic mass is 35.5. The average Bonchev–Trinajstić information content (AvgIpc) is 2.49. The maximum absolute atomic E-state index is 6.64. The monoisotopic (exact) mass is 304 g/mol. The number of alkyl halides is 2. The van der Waals surface area contributed by atoms with Gasteiger partial charge in [0.05, 0.1) is 17.9 Å². The van der Waals surface area contributed by atoms with Crippen molar-refractivity contribution in [3.63, 3.8) is 0 Å². The van der Waals surface area contributed by atoms with Crippen molar-refractivity contribution < 1.29 is 4.74 Å². The van der Waals surface area contributed by atoms with E-state index in [9.17, 15) is 0 Å². The molecular weight excluding hydrogens is 291 g/mol. The Morgan fingerprint density at radius 3 is 1.95 bits per heavy atom. The maximum Gasteiger partial charge on any atom is 0.119 e. The van der Waals surface area contributed by atoms with E-state index in [0.717, 1.165) is 5.75 Å². The van der Waals surface area contributed by atoms with Gasteiger partial charge in [0, 0.05) is 11.8 Å². The standard InChI is InChI=1S/C17H14Cl2O/c1-20-9-6-7-12-13(8-9)15-11-5-3-2-4-10(11)14(12)16(18)17(15)19/h2-8,14-17H,1H3/t14-,15-,16+,17-/m1/s1. The first kappa shape index (κ1) is 12.6. The fourth-order valence-corrected chi connectivity index (χ4v) is 4.53. The summed E-state index contributed by atoms with van der Waals surface area (Å²) in [4.78, 5) is 0. The molecule has 0 fully saturated rings. The highest BCUT2D eigenvalue weighted by molar-refractivity contribution is 6.31. The van der Waals surface area contributed by atoms with Crippen LogP contribution >= 0.6 is 23.2 Å². The molecule has 0 spiro atoms. The molecular formula is C17H14Cl2O. The van der Waals surface area contributed by atoms with Crippen molar-refractivity contribution in [2.24, 2.45) is 0 Å². The minimum atomic E-state index is -0.0730. The van der Waals surface area contributed by atoms with Crippen molar-refractivity contribution in [3.8, 4) is 5.75 Å². The number of benzene rings is 2. The molecule has 5 rings (SSSR count). The van der Waals surface area contributed by atoms with Crippen LogP contribution in [0.1, 0.15) is 34.1 Å². The van der Waals surface area contributed by atoms with Gasteiger partial charge in [0.1, 0.15) is 5.75 Å². The van der Waals surface area contributed by atoms with Crippen LogP contribution < -0.4 is 4.74 Å². The first-order chi connectivity index (χ1) is 9.72. The fraction of sp³-hybridized carbons (Fsp3) is 0.294. The predicted octanol–water partition coefficient (Wildman–Crippen LogP) is 4.50. The Labute approximate surface area is 128 Å². The lowest BCUT2D eigenvalue weighted by Crippen LogP contribution is -2.41. The molecule has 2 aromatic carbocycles. The zero-order valence-electron chi connectivity index (χ0n) is 11.0. The number of hydrogen-bond acceptors (Lipinski definition) is 1. The van der Waals surface area contributed by atoms with Crippen LogP contribution in [0.5, 0.6) is 5.75 Å². The lowest BCUT2D eigenvalue weighted by Gasteiger charge is -2.46. The van der Waals surface area contributed by atoms with Crippen molar-refractivity contribution >= 4 is 23.2 Å². The van der Waals surface area contributed by atoms with Gasteiger partial charge in [0.2, 0.25) is 0 Å². The molecule has 4 atom stereocenters. The van der Waals surface area contributed by atoms with Crippen molar-refractivity contribution in [1.29, 1.82) is 0 Å². The minimum absolute atomic E-state index is 0.0579. The van der Waals surface area contributed by atoms with Crippen LogP contribution in [0.25, 0.3) is 0 Å². The molecule has 3 heteroatoms. The molecule has 0 heterocycles. The SMILES string of the molecule is COc1ccc2c(c1)[C@H]1c3ccccc3[C@H]2[C@H](Cl)[C@@H]1Cl. The Balaban J connectivity index is 2.00. The van der Waals surface area contributed by atoms with E-state index in [2.05, 4.69) is 36.4 Å². The Morgan fingerprint density at radius 1 is 0.800 bits per heavy atom. The Bertz CT molecular complexity index is 682. The van der Waals surface area contributed by atoms with Gasteiger partial charge in [-0.25, -0.2) is 0 Å². The van der Waals surface area contributed by atoms with Crippen molar-refractivity contribution in [2.75, 3.05) is 7.11 Å². The molecule has 20 heavy (non-hydrogen) atoms. The van der Waals surface area contributed by atoms with Crippen LogP contribution in [0.3, 0.4) is 0 Å². The molecule has 2 aromatic rings. The molecule has 0 aliphatic heterocycles.